The zero-order valence-electron chi connectivity index (χ0n) is 13.0. The predicted molar refractivity (Wildman–Crippen MR) is 88.4 cm³/mol. The molecule has 0 bridgehead atoms. The Labute approximate surface area is 134 Å². The molecule has 1 fully saturated rings. The van der Waals surface area contributed by atoms with Crippen LogP contribution in [0.25, 0.3) is 0 Å². The molecule has 2 aromatic rings. The van der Waals surface area contributed by atoms with Crippen molar-refractivity contribution in [3.8, 4) is 11.5 Å². The topological polar surface area (TPSA) is 59.5 Å². The van der Waals surface area contributed by atoms with Crippen LogP contribution in [0, 0.1) is 6.92 Å². The fraction of sp³-hybridized carbons (Fsp3) is 0.467. The summed E-state index contributed by atoms with van der Waals surface area (Å²) in [5, 5.41) is 13.5. The lowest BCUT2D eigenvalue weighted by Crippen LogP contribution is -2.26. The maximum Gasteiger partial charge on any atom is 0.205 e. The van der Waals surface area contributed by atoms with E-state index in [2.05, 4.69) is 20.4 Å². The minimum absolute atomic E-state index is 0.379. The van der Waals surface area contributed by atoms with Gasteiger partial charge in [-0.25, -0.2) is 0 Å². The monoisotopic (exact) mass is 320 g/mol. The number of aromatic nitrogens is 2. The van der Waals surface area contributed by atoms with Gasteiger partial charge < -0.3 is 19.7 Å². The highest BCUT2D eigenvalue weighted by Crippen LogP contribution is 2.31. The van der Waals surface area contributed by atoms with E-state index in [0.717, 1.165) is 46.8 Å². The van der Waals surface area contributed by atoms with E-state index in [1.807, 2.05) is 25.1 Å². The number of ether oxygens (including phenoxy) is 2. The van der Waals surface area contributed by atoms with E-state index >= 15 is 0 Å². The number of hydrogen-bond acceptors (Lipinski definition) is 7. The van der Waals surface area contributed by atoms with Crippen LogP contribution in [-0.2, 0) is 0 Å². The van der Waals surface area contributed by atoms with Crippen LogP contribution in [0.5, 0.6) is 11.5 Å². The van der Waals surface area contributed by atoms with Gasteiger partial charge in [-0.15, -0.1) is 10.2 Å². The Bertz CT molecular complexity index is 624. The van der Waals surface area contributed by atoms with Gasteiger partial charge in [-0.2, -0.15) is 0 Å². The molecule has 22 heavy (non-hydrogen) atoms. The van der Waals surface area contributed by atoms with Gasteiger partial charge in [0, 0.05) is 43.0 Å². The van der Waals surface area contributed by atoms with Gasteiger partial charge in [0.2, 0.25) is 5.13 Å². The minimum atomic E-state index is 0.379. The molecule has 2 heterocycles. The summed E-state index contributed by atoms with van der Waals surface area (Å²) in [4.78, 5) is 2.33. The Kier molecular flexibility index (Phi) is 4.33. The number of nitrogens with zero attached hydrogens (tertiary/aromatic N) is 3. The number of aryl methyl sites for hydroxylation is 1. The Morgan fingerprint density at radius 2 is 1.91 bits per heavy atom. The first-order valence-electron chi connectivity index (χ1n) is 7.22. The van der Waals surface area contributed by atoms with Gasteiger partial charge in [0.1, 0.15) is 16.5 Å². The van der Waals surface area contributed by atoms with Crippen molar-refractivity contribution in [3.63, 3.8) is 0 Å². The van der Waals surface area contributed by atoms with E-state index in [0.29, 0.717) is 6.04 Å². The largest absolute Gasteiger partial charge is 0.497 e. The van der Waals surface area contributed by atoms with Gasteiger partial charge in [0.05, 0.1) is 14.2 Å². The normalized spacial score (nSPS) is 17.6. The third kappa shape index (κ3) is 3.24. The SMILES string of the molecule is COc1cc(OC)cc(N2CCC(Nc3nnc(C)s3)C2)c1. The van der Waals surface area contributed by atoms with E-state index in [1.165, 1.54) is 0 Å². The summed E-state index contributed by atoms with van der Waals surface area (Å²) in [6.45, 7) is 3.88. The molecule has 7 heteroatoms. The Morgan fingerprint density at radius 1 is 1.18 bits per heavy atom. The molecule has 118 valence electrons. The predicted octanol–water partition coefficient (Wildman–Crippen LogP) is 2.55. The van der Waals surface area contributed by atoms with Crippen molar-refractivity contribution in [1.29, 1.82) is 0 Å². The third-order valence-corrected chi connectivity index (χ3v) is 4.51. The van der Waals surface area contributed by atoms with Crippen molar-refractivity contribution >= 4 is 22.2 Å². The first-order chi connectivity index (χ1) is 10.7. The van der Waals surface area contributed by atoms with Crippen LogP contribution in [-0.4, -0.2) is 43.5 Å². The molecule has 0 spiro atoms. The summed E-state index contributed by atoms with van der Waals surface area (Å²) in [7, 11) is 3.34. The first kappa shape index (κ1) is 14.9. The second-order valence-electron chi connectivity index (χ2n) is 5.27. The van der Waals surface area contributed by atoms with Crippen LogP contribution in [0.1, 0.15) is 11.4 Å². The van der Waals surface area contributed by atoms with Crippen LogP contribution in [0.4, 0.5) is 10.8 Å². The summed E-state index contributed by atoms with van der Waals surface area (Å²) in [5.74, 6) is 1.62. The second-order valence-corrected chi connectivity index (χ2v) is 6.45. The Balaban J connectivity index is 1.69. The number of benzene rings is 1. The molecule has 1 aromatic heterocycles. The molecule has 0 aliphatic carbocycles. The summed E-state index contributed by atoms with van der Waals surface area (Å²) in [6.07, 6.45) is 1.07. The third-order valence-electron chi connectivity index (χ3n) is 3.74. The summed E-state index contributed by atoms with van der Waals surface area (Å²) >= 11 is 1.59. The Hall–Kier alpha value is -2.02. The van der Waals surface area contributed by atoms with Crippen molar-refractivity contribution in [2.45, 2.75) is 19.4 Å². The van der Waals surface area contributed by atoms with Crippen LogP contribution in [0.2, 0.25) is 0 Å². The summed E-state index contributed by atoms with van der Waals surface area (Å²) in [6, 6.07) is 6.35. The number of anilines is 2. The highest BCUT2D eigenvalue weighted by molar-refractivity contribution is 7.15. The number of methoxy groups -OCH3 is 2. The van der Waals surface area contributed by atoms with E-state index in [1.54, 1.807) is 25.6 Å². The number of hydrogen-bond donors (Lipinski definition) is 1. The number of rotatable bonds is 5. The van der Waals surface area contributed by atoms with Crippen LogP contribution >= 0.6 is 11.3 Å². The van der Waals surface area contributed by atoms with Gasteiger partial charge in [-0.05, 0) is 13.3 Å². The van der Waals surface area contributed by atoms with Crippen molar-refractivity contribution < 1.29 is 9.47 Å². The molecule has 1 unspecified atom stereocenters. The van der Waals surface area contributed by atoms with Gasteiger partial charge in [-0.1, -0.05) is 11.3 Å². The van der Waals surface area contributed by atoms with Crippen LogP contribution in [0.15, 0.2) is 18.2 Å². The lowest BCUT2D eigenvalue weighted by Gasteiger charge is -2.20. The molecule has 0 saturated carbocycles. The minimum Gasteiger partial charge on any atom is -0.497 e. The molecule has 1 aliphatic rings. The highest BCUT2D eigenvalue weighted by Gasteiger charge is 2.24. The fourth-order valence-corrected chi connectivity index (χ4v) is 3.29. The van der Waals surface area contributed by atoms with Crippen molar-refractivity contribution in [1.82, 2.24) is 10.2 Å². The van der Waals surface area contributed by atoms with Crippen LogP contribution < -0.4 is 19.7 Å². The molecule has 0 amide bonds. The van der Waals surface area contributed by atoms with Crippen molar-refractivity contribution in [2.75, 3.05) is 37.5 Å². The maximum absolute atomic E-state index is 5.34. The maximum atomic E-state index is 5.34. The molecule has 3 rings (SSSR count). The quantitative estimate of drug-likeness (QED) is 0.913. The van der Waals surface area contributed by atoms with E-state index < -0.39 is 0 Å². The molecule has 1 atom stereocenters. The summed E-state index contributed by atoms with van der Waals surface area (Å²) in [5.41, 5.74) is 1.12. The first-order valence-corrected chi connectivity index (χ1v) is 8.04. The lowest BCUT2D eigenvalue weighted by atomic mass is 10.2. The average Bonchev–Trinajstić information content (AvgIpc) is 3.16. The van der Waals surface area contributed by atoms with Crippen LogP contribution in [0.3, 0.4) is 0 Å². The Morgan fingerprint density at radius 3 is 2.50 bits per heavy atom. The zero-order chi connectivity index (χ0) is 15.5. The van der Waals surface area contributed by atoms with E-state index in [9.17, 15) is 0 Å². The molecule has 1 aliphatic heterocycles. The van der Waals surface area contributed by atoms with Crippen molar-refractivity contribution in [2.24, 2.45) is 0 Å². The molecular formula is C15H20N4O2S. The highest BCUT2D eigenvalue weighted by atomic mass is 32.1. The second kappa shape index (κ2) is 6.39. The number of nitrogens with one attached hydrogen (secondary N) is 1. The molecule has 6 nitrogen and oxygen atoms in total. The standard InChI is InChI=1S/C15H20N4O2S/c1-10-17-18-15(22-10)16-11-4-5-19(9-11)12-6-13(20-2)8-14(7-12)21-3/h6-8,11H,4-5,9H2,1-3H3,(H,16,18). The van der Waals surface area contributed by atoms with E-state index in [4.69, 9.17) is 9.47 Å². The fourth-order valence-electron chi connectivity index (χ4n) is 2.62. The van der Waals surface area contributed by atoms with Gasteiger partial charge in [0.25, 0.3) is 0 Å². The smallest absolute Gasteiger partial charge is 0.205 e. The molecule has 1 N–H and O–H groups in total. The van der Waals surface area contributed by atoms with Gasteiger partial charge in [-0.3, -0.25) is 0 Å². The average molecular weight is 320 g/mol. The van der Waals surface area contributed by atoms with E-state index in [-0.39, 0.29) is 0 Å². The van der Waals surface area contributed by atoms with Crippen molar-refractivity contribution in [3.05, 3.63) is 23.2 Å². The molecule has 1 aromatic carbocycles. The molecule has 0 radical (unpaired) electrons. The van der Waals surface area contributed by atoms with Gasteiger partial charge in [0.15, 0.2) is 0 Å². The zero-order valence-corrected chi connectivity index (χ0v) is 13.8. The summed E-state index contributed by atoms with van der Waals surface area (Å²) < 4.78 is 10.7. The lowest BCUT2D eigenvalue weighted by molar-refractivity contribution is 0.394. The molecule has 1 saturated heterocycles. The molecular weight excluding hydrogens is 300 g/mol. The van der Waals surface area contributed by atoms with Gasteiger partial charge >= 0.3 is 0 Å².